The predicted octanol–water partition coefficient (Wildman–Crippen LogP) is 2.32. The molecule has 2 N–H and O–H groups in total. The summed E-state index contributed by atoms with van der Waals surface area (Å²) in [5.74, 6) is 0. The van der Waals surface area contributed by atoms with Gasteiger partial charge in [0, 0.05) is 0 Å². The van der Waals surface area contributed by atoms with Crippen LogP contribution in [0.5, 0.6) is 0 Å². The molecule has 0 aliphatic heterocycles. The van der Waals surface area contributed by atoms with Crippen LogP contribution in [0.15, 0.2) is 6.07 Å². The van der Waals surface area contributed by atoms with Crippen LogP contribution in [0.3, 0.4) is 0 Å². The third-order valence-electron chi connectivity index (χ3n) is 1.59. The van der Waals surface area contributed by atoms with Crippen LogP contribution >= 0.6 is 11.6 Å². The molecule has 0 radical (unpaired) electrons. The van der Waals surface area contributed by atoms with Crippen molar-refractivity contribution in [1.29, 1.82) is 5.26 Å². The van der Waals surface area contributed by atoms with Gasteiger partial charge < -0.3 is 5.73 Å². The molecule has 14 heavy (non-hydrogen) atoms. The van der Waals surface area contributed by atoms with E-state index in [9.17, 15) is 8.78 Å². The van der Waals surface area contributed by atoms with Gasteiger partial charge in [0.25, 0.3) is 6.43 Å². The molecule has 0 unspecified atom stereocenters. The number of nitrogens with two attached hydrogens (primary N) is 1. The number of nitriles is 1. The molecule has 3 nitrogen and oxygen atoms in total. The number of pyridine rings is 1. The fourth-order valence-electron chi connectivity index (χ4n) is 0.979. The van der Waals surface area contributed by atoms with Gasteiger partial charge >= 0.3 is 0 Å². The van der Waals surface area contributed by atoms with Crippen molar-refractivity contribution in [3.63, 3.8) is 0 Å². The molecule has 1 rings (SSSR count). The Bertz CT molecular complexity index is 387. The van der Waals surface area contributed by atoms with E-state index in [0.717, 1.165) is 0 Å². The number of nitrogens with zero attached hydrogens (tertiary/aromatic N) is 2. The summed E-state index contributed by atoms with van der Waals surface area (Å²) in [4.78, 5) is 3.43. The minimum Gasteiger partial charge on any atom is -0.396 e. The Kier molecular flexibility index (Phi) is 3.20. The maximum absolute atomic E-state index is 12.4. The summed E-state index contributed by atoms with van der Waals surface area (Å²) in [6, 6.07) is 3.00. The largest absolute Gasteiger partial charge is 0.396 e. The summed E-state index contributed by atoms with van der Waals surface area (Å²) in [5.41, 5.74) is 5.10. The lowest BCUT2D eigenvalue weighted by molar-refractivity contribution is 0.145. The zero-order chi connectivity index (χ0) is 10.7. The van der Waals surface area contributed by atoms with E-state index >= 15 is 0 Å². The second-order valence-electron chi connectivity index (χ2n) is 2.55. The van der Waals surface area contributed by atoms with Gasteiger partial charge in [-0.25, -0.2) is 13.8 Å². The summed E-state index contributed by atoms with van der Waals surface area (Å²) >= 11 is 5.48. The molecule has 1 aromatic heterocycles. The van der Waals surface area contributed by atoms with Crippen molar-refractivity contribution < 1.29 is 8.78 Å². The van der Waals surface area contributed by atoms with Gasteiger partial charge in [-0.05, 0) is 11.6 Å². The quantitative estimate of drug-likeness (QED) is 0.774. The summed E-state index contributed by atoms with van der Waals surface area (Å²) in [6.45, 7) is 0. The predicted molar refractivity (Wildman–Crippen MR) is 47.9 cm³/mol. The lowest BCUT2D eigenvalue weighted by Gasteiger charge is -2.07. The first-order valence-electron chi connectivity index (χ1n) is 3.66. The Hall–Kier alpha value is -1.41. The first-order valence-corrected chi connectivity index (χ1v) is 4.04. The van der Waals surface area contributed by atoms with Gasteiger partial charge in [0.2, 0.25) is 0 Å². The number of alkyl halides is 2. The highest BCUT2D eigenvalue weighted by atomic mass is 35.5. The zero-order valence-corrected chi connectivity index (χ0v) is 7.72. The SMILES string of the molecule is N#CCc1cc(N)c(Cl)nc1C(F)F. The molecule has 6 heteroatoms. The zero-order valence-electron chi connectivity index (χ0n) is 6.97. The molecule has 1 heterocycles. The van der Waals surface area contributed by atoms with E-state index in [2.05, 4.69) is 4.98 Å². The van der Waals surface area contributed by atoms with Crippen LogP contribution in [0, 0.1) is 11.3 Å². The van der Waals surface area contributed by atoms with E-state index in [1.165, 1.54) is 6.07 Å². The number of halogens is 3. The molecule has 74 valence electrons. The Labute approximate surface area is 84.1 Å². The maximum Gasteiger partial charge on any atom is 0.280 e. The Morgan fingerprint density at radius 3 is 2.79 bits per heavy atom. The average Bonchev–Trinajstić information content (AvgIpc) is 2.11. The van der Waals surface area contributed by atoms with Crippen LogP contribution in [-0.4, -0.2) is 4.98 Å². The molecule has 1 aromatic rings. The molecule has 0 bridgehead atoms. The van der Waals surface area contributed by atoms with Gasteiger partial charge in [-0.15, -0.1) is 0 Å². The van der Waals surface area contributed by atoms with Crippen molar-refractivity contribution in [2.24, 2.45) is 0 Å². The first-order chi connectivity index (χ1) is 6.56. The van der Waals surface area contributed by atoms with E-state index in [4.69, 9.17) is 22.6 Å². The smallest absolute Gasteiger partial charge is 0.280 e. The van der Waals surface area contributed by atoms with E-state index in [1.54, 1.807) is 6.07 Å². The molecular weight excluding hydrogens is 212 g/mol. The molecule has 0 aliphatic carbocycles. The number of nitrogen functional groups attached to an aromatic ring is 1. The molecule has 0 saturated carbocycles. The Morgan fingerprint density at radius 2 is 2.29 bits per heavy atom. The van der Waals surface area contributed by atoms with Crippen molar-refractivity contribution in [1.82, 2.24) is 4.98 Å². The van der Waals surface area contributed by atoms with Crippen molar-refractivity contribution >= 4 is 17.3 Å². The minimum absolute atomic E-state index is 0.0984. The molecule has 0 saturated heterocycles. The number of hydrogen-bond acceptors (Lipinski definition) is 3. The van der Waals surface area contributed by atoms with Gasteiger partial charge in [-0.3, -0.25) is 0 Å². The van der Waals surface area contributed by atoms with Gasteiger partial charge in [0.1, 0.15) is 5.69 Å². The number of aromatic nitrogens is 1. The molecular formula is C8H6ClF2N3. The summed E-state index contributed by atoms with van der Waals surface area (Å²) in [7, 11) is 0. The van der Waals surface area contributed by atoms with E-state index < -0.39 is 12.1 Å². The fraction of sp³-hybridized carbons (Fsp3) is 0.250. The molecule has 0 amide bonds. The molecule has 0 fully saturated rings. The summed E-state index contributed by atoms with van der Waals surface area (Å²) in [5, 5.41) is 8.22. The van der Waals surface area contributed by atoms with Crippen LogP contribution in [-0.2, 0) is 6.42 Å². The molecule has 0 aliphatic rings. The van der Waals surface area contributed by atoms with Crippen molar-refractivity contribution in [3.8, 4) is 6.07 Å². The second kappa shape index (κ2) is 4.20. The van der Waals surface area contributed by atoms with E-state index in [0.29, 0.717) is 0 Å². The molecule has 0 atom stereocenters. The van der Waals surface area contributed by atoms with Crippen LogP contribution < -0.4 is 5.73 Å². The second-order valence-corrected chi connectivity index (χ2v) is 2.91. The normalized spacial score (nSPS) is 10.2. The lowest BCUT2D eigenvalue weighted by atomic mass is 10.1. The lowest BCUT2D eigenvalue weighted by Crippen LogP contribution is -2.01. The number of hydrogen-bond donors (Lipinski definition) is 1. The van der Waals surface area contributed by atoms with E-state index in [-0.39, 0.29) is 22.8 Å². The van der Waals surface area contributed by atoms with Gasteiger partial charge in [-0.1, -0.05) is 11.6 Å². The topological polar surface area (TPSA) is 62.7 Å². The minimum atomic E-state index is -2.75. The third kappa shape index (κ3) is 2.09. The highest BCUT2D eigenvalue weighted by Crippen LogP contribution is 2.26. The summed E-state index contributed by atoms with van der Waals surface area (Å²) in [6.07, 6.45) is -2.91. The van der Waals surface area contributed by atoms with Crippen molar-refractivity contribution in [2.45, 2.75) is 12.8 Å². The summed E-state index contributed by atoms with van der Waals surface area (Å²) < 4.78 is 24.8. The van der Waals surface area contributed by atoms with E-state index in [1.807, 2.05) is 0 Å². The van der Waals surface area contributed by atoms with Crippen LogP contribution in [0.2, 0.25) is 5.15 Å². The van der Waals surface area contributed by atoms with Crippen molar-refractivity contribution in [2.75, 3.05) is 5.73 Å². The number of rotatable bonds is 2. The fourth-order valence-corrected chi connectivity index (χ4v) is 1.12. The maximum atomic E-state index is 12.4. The Balaban J connectivity index is 3.25. The highest BCUT2D eigenvalue weighted by molar-refractivity contribution is 6.31. The van der Waals surface area contributed by atoms with Gasteiger partial charge in [0.15, 0.2) is 5.15 Å². The highest BCUT2D eigenvalue weighted by Gasteiger charge is 2.16. The molecule has 0 aromatic carbocycles. The monoisotopic (exact) mass is 217 g/mol. The van der Waals surface area contributed by atoms with Crippen LogP contribution in [0.4, 0.5) is 14.5 Å². The standard InChI is InChI=1S/C8H6ClF2N3/c9-7-5(13)3-4(1-2-12)6(14-7)8(10)11/h3,8H,1,13H2. The van der Waals surface area contributed by atoms with Crippen molar-refractivity contribution in [3.05, 3.63) is 22.5 Å². The van der Waals surface area contributed by atoms with Gasteiger partial charge in [-0.2, -0.15) is 5.26 Å². The van der Waals surface area contributed by atoms with Crippen LogP contribution in [0.25, 0.3) is 0 Å². The number of anilines is 1. The average molecular weight is 218 g/mol. The first kappa shape index (κ1) is 10.7. The Morgan fingerprint density at radius 1 is 1.64 bits per heavy atom. The van der Waals surface area contributed by atoms with Crippen LogP contribution in [0.1, 0.15) is 17.7 Å². The molecule has 0 spiro atoms. The third-order valence-corrected chi connectivity index (χ3v) is 1.89. The van der Waals surface area contributed by atoms with Gasteiger partial charge in [0.05, 0.1) is 18.2 Å².